The summed E-state index contributed by atoms with van der Waals surface area (Å²) in [6.45, 7) is 1.84. The minimum absolute atomic E-state index is 0.501. The summed E-state index contributed by atoms with van der Waals surface area (Å²) in [7, 11) is 1.65. The van der Waals surface area contributed by atoms with Crippen LogP contribution in [0.15, 0.2) is 0 Å². The second-order valence-corrected chi connectivity index (χ2v) is 3.79. The Morgan fingerprint density at radius 2 is 2.29 bits per heavy atom. The van der Waals surface area contributed by atoms with Crippen molar-refractivity contribution in [3.05, 3.63) is 11.4 Å². The lowest BCUT2D eigenvalue weighted by molar-refractivity contribution is 0.175. The molecule has 0 spiro atoms. The molecule has 1 aromatic rings. The molecule has 0 aliphatic rings. The van der Waals surface area contributed by atoms with E-state index in [0.29, 0.717) is 19.6 Å². The van der Waals surface area contributed by atoms with Gasteiger partial charge in [0.05, 0.1) is 24.1 Å². The van der Waals surface area contributed by atoms with Gasteiger partial charge in [0, 0.05) is 26.5 Å². The van der Waals surface area contributed by atoms with Gasteiger partial charge in [-0.3, -0.25) is 0 Å². The first kappa shape index (κ1) is 13.6. The smallest absolute Gasteiger partial charge is 0.0900 e. The number of methoxy groups -OCH3 is 1. The molecule has 2 N–H and O–H groups in total. The predicted octanol–water partition coefficient (Wildman–Crippen LogP) is 0.620. The third-order valence-corrected chi connectivity index (χ3v) is 2.49. The highest BCUT2D eigenvalue weighted by atomic mass is 16.5. The van der Waals surface area contributed by atoms with Crippen LogP contribution in [0.25, 0.3) is 0 Å². The van der Waals surface area contributed by atoms with Crippen molar-refractivity contribution in [3.63, 3.8) is 0 Å². The highest BCUT2D eigenvalue weighted by molar-refractivity contribution is 5.09. The van der Waals surface area contributed by atoms with Crippen LogP contribution in [0, 0.1) is 11.3 Å². The van der Waals surface area contributed by atoms with Crippen LogP contribution < -0.4 is 5.73 Å². The molecule has 1 rings (SSSR count). The molecule has 1 aromatic heterocycles. The molecule has 17 heavy (non-hydrogen) atoms. The number of nitrogens with two attached hydrogens (primary N) is 1. The summed E-state index contributed by atoms with van der Waals surface area (Å²) >= 11 is 0. The first-order chi connectivity index (χ1) is 8.33. The molecule has 6 heteroatoms. The van der Waals surface area contributed by atoms with Gasteiger partial charge >= 0.3 is 0 Å². The average molecular weight is 237 g/mol. The second-order valence-electron chi connectivity index (χ2n) is 3.79. The highest BCUT2D eigenvalue weighted by Gasteiger charge is 2.11. The maximum absolute atomic E-state index is 8.46. The van der Waals surface area contributed by atoms with Gasteiger partial charge in [-0.15, -0.1) is 5.10 Å². The predicted molar refractivity (Wildman–Crippen MR) is 63.0 cm³/mol. The molecule has 0 bridgehead atoms. The SMILES string of the molecule is COCc1c(CCN)nnn1CCCCC#N. The van der Waals surface area contributed by atoms with E-state index in [1.165, 1.54) is 0 Å². The Balaban J connectivity index is 2.60. The zero-order valence-electron chi connectivity index (χ0n) is 10.2. The van der Waals surface area contributed by atoms with E-state index in [0.717, 1.165) is 37.2 Å². The molecule has 0 aliphatic carbocycles. The van der Waals surface area contributed by atoms with Crippen LogP contribution in [0.2, 0.25) is 0 Å². The fourth-order valence-corrected chi connectivity index (χ4v) is 1.64. The van der Waals surface area contributed by atoms with Crippen molar-refractivity contribution in [2.75, 3.05) is 13.7 Å². The third kappa shape index (κ3) is 4.13. The summed E-state index contributed by atoms with van der Waals surface area (Å²) < 4.78 is 7.00. The Morgan fingerprint density at radius 1 is 1.47 bits per heavy atom. The van der Waals surface area contributed by atoms with Crippen LogP contribution in [0.5, 0.6) is 0 Å². The molecule has 0 aromatic carbocycles. The molecule has 1 heterocycles. The number of aryl methyl sites for hydroxylation is 1. The minimum Gasteiger partial charge on any atom is -0.378 e. The summed E-state index contributed by atoms with van der Waals surface area (Å²) in [5, 5.41) is 16.7. The molecule has 0 aliphatic heterocycles. The van der Waals surface area contributed by atoms with Gasteiger partial charge in [-0.1, -0.05) is 5.21 Å². The Hall–Kier alpha value is -1.45. The standard InChI is InChI=1S/C11H19N5O/c1-17-9-11-10(5-7-13)14-15-16(11)8-4-2-3-6-12/h2-5,7-9,13H2,1H3. The number of nitriles is 1. The fraction of sp³-hybridized carbons (Fsp3) is 0.727. The van der Waals surface area contributed by atoms with E-state index < -0.39 is 0 Å². The third-order valence-electron chi connectivity index (χ3n) is 2.49. The summed E-state index contributed by atoms with van der Waals surface area (Å²) in [5.74, 6) is 0. The van der Waals surface area contributed by atoms with E-state index in [4.69, 9.17) is 15.7 Å². The van der Waals surface area contributed by atoms with Gasteiger partial charge < -0.3 is 10.5 Å². The van der Waals surface area contributed by atoms with Gasteiger partial charge in [-0.25, -0.2) is 4.68 Å². The zero-order chi connectivity index (χ0) is 12.5. The topological polar surface area (TPSA) is 89.8 Å². The number of hydrogen-bond donors (Lipinski definition) is 1. The van der Waals surface area contributed by atoms with Gasteiger partial charge in [-0.05, 0) is 19.4 Å². The number of unbranched alkanes of at least 4 members (excludes halogenated alkanes) is 2. The van der Waals surface area contributed by atoms with Crippen LogP contribution in [0.4, 0.5) is 0 Å². The summed E-state index contributed by atoms with van der Waals surface area (Å²) in [4.78, 5) is 0. The fourth-order valence-electron chi connectivity index (χ4n) is 1.64. The van der Waals surface area contributed by atoms with Gasteiger partial charge in [0.15, 0.2) is 0 Å². The van der Waals surface area contributed by atoms with Crippen molar-refractivity contribution < 1.29 is 4.74 Å². The monoisotopic (exact) mass is 237 g/mol. The van der Waals surface area contributed by atoms with Crippen molar-refractivity contribution in [2.45, 2.75) is 38.8 Å². The number of aromatic nitrogens is 3. The van der Waals surface area contributed by atoms with E-state index in [-0.39, 0.29) is 0 Å². The lowest BCUT2D eigenvalue weighted by Crippen LogP contribution is -2.10. The normalized spacial score (nSPS) is 10.4. The number of hydrogen-bond acceptors (Lipinski definition) is 5. The van der Waals surface area contributed by atoms with E-state index in [9.17, 15) is 0 Å². The van der Waals surface area contributed by atoms with Crippen LogP contribution in [0.3, 0.4) is 0 Å². The summed E-state index contributed by atoms with van der Waals surface area (Å²) in [6.07, 6.45) is 3.12. The molecule has 94 valence electrons. The summed E-state index contributed by atoms with van der Waals surface area (Å²) in [6, 6.07) is 2.13. The molecule has 0 fully saturated rings. The zero-order valence-corrected chi connectivity index (χ0v) is 10.2. The second kappa shape index (κ2) is 7.76. The average Bonchev–Trinajstić information content (AvgIpc) is 2.69. The molecular weight excluding hydrogens is 218 g/mol. The van der Waals surface area contributed by atoms with E-state index in [1.54, 1.807) is 7.11 Å². The molecule has 0 unspecified atom stereocenters. The Kier molecular flexibility index (Phi) is 6.22. The van der Waals surface area contributed by atoms with Gasteiger partial charge in [0.1, 0.15) is 0 Å². The Morgan fingerprint density at radius 3 is 2.94 bits per heavy atom. The van der Waals surface area contributed by atoms with Crippen molar-refractivity contribution in [1.82, 2.24) is 15.0 Å². The van der Waals surface area contributed by atoms with Crippen LogP contribution in [-0.2, 0) is 24.3 Å². The van der Waals surface area contributed by atoms with E-state index in [2.05, 4.69) is 16.4 Å². The molecule has 0 amide bonds. The highest BCUT2D eigenvalue weighted by Crippen LogP contribution is 2.09. The quantitative estimate of drug-likeness (QED) is 0.669. The van der Waals surface area contributed by atoms with Crippen LogP contribution in [-0.4, -0.2) is 28.6 Å². The van der Waals surface area contributed by atoms with Crippen LogP contribution >= 0.6 is 0 Å². The van der Waals surface area contributed by atoms with Crippen molar-refractivity contribution in [1.29, 1.82) is 5.26 Å². The summed E-state index contributed by atoms with van der Waals surface area (Å²) in [5.41, 5.74) is 7.43. The van der Waals surface area contributed by atoms with E-state index in [1.807, 2.05) is 4.68 Å². The largest absolute Gasteiger partial charge is 0.378 e. The van der Waals surface area contributed by atoms with Gasteiger partial charge in [0.2, 0.25) is 0 Å². The molecular formula is C11H19N5O. The minimum atomic E-state index is 0.501. The van der Waals surface area contributed by atoms with Crippen molar-refractivity contribution in [3.8, 4) is 6.07 Å². The maximum Gasteiger partial charge on any atom is 0.0900 e. The molecule has 0 radical (unpaired) electrons. The Labute approximate surface area is 101 Å². The first-order valence-electron chi connectivity index (χ1n) is 5.80. The Bertz CT molecular complexity index is 368. The number of rotatable bonds is 8. The van der Waals surface area contributed by atoms with Gasteiger partial charge in [-0.2, -0.15) is 5.26 Å². The molecule has 0 saturated carbocycles. The maximum atomic E-state index is 8.46. The number of nitrogens with zero attached hydrogens (tertiary/aromatic N) is 4. The van der Waals surface area contributed by atoms with Crippen molar-refractivity contribution >= 4 is 0 Å². The molecule has 0 saturated heterocycles. The van der Waals surface area contributed by atoms with Gasteiger partial charge in [0.25, 0.3) is 0 Å². The van der Waals surface area contributed by atoms with Crippen LogP contribution in [0.1, 0.15) is 30.7 Å². The van der Waals surface area contributed by atoms with E-state index >= 15 is 0 Å². The first-order valence-corrected chi connectivity index (χ1v) is 5.80. The lowest BCUT2D eigenvalue weighted by atomic mass is 10.2. The lowest BCUT2D eigenvalue weighted by Gasteiger charge is -2.06. The number of ether oxygens (including phenoxy) is 1. The molecule has 6 nitrogen and oxygen atoms in total. The molecule has 0 atom stereocenters. The van der Waals surface area contributed by atoms with Crippen molar-refractivity contribution in [2.24, 2.45) is 5.73 Å².